The van der Waals surface area contributed by atoms with Crippen LogP contribution in [0.4, 0.5) is 0 Å². The van der Waals surface area contributed by atoms with Gasteiger partial charge in [-0.3, -0.25) is 0 Å². The van der Waals surface area contributed by atoms with E-state index in [4.69, 9.17) is 28.9 Å². The third-order valence-electron chi connectivity index (χ3n) is 2.56. The Labute approximate surface area is 95.2 Å². The van der Waals surface area contributed by atoms with E-state index in [1.807, 2.05) is 32.0 Å². The Hall–Kier alpha value is -0.240. The first kappa shape index (κ1) is 11.8. The highest BCUT2D eigenvalue weighted by atomic mass is 35.5. The molecule has 0 heterocycles. The smallest absolute Gasteiger partial charge is 0.0595 e. The molecule has 1 aromatic carbocycles. The maximum atomic E-state index is 6.02. The van der Waals surface area contributed by atoms with Crippen LogP contribution in [-0.2, 0) is 0 Å². The molecule has 1 nitrogen and oxygen atoms in total. The molecule has 0 amide bonds. The Morgan fingerprint density at radius 1 is 1.21 bits per heavy atom. The summed E-state index contributed by atoms with van der Waals surface area (Å²) in [6, 6.07) is 5.65. The molecule has 1 aromatic rings. The van der Waals surface area contributed by atoms with Crippen LogP contribution in [0.25, 0.3) is 0 Å². The average Bonchev–Trinajstić information content (AvgIpc) is 2.07. The van der Waals surface area contributed by atoms with Crippen molar-refractivity contribution < 1.29 is 0 Å². The molecule has 0 aliphatic heterocycles. The minimum atomic E-state index is -0.253. The Kier molecular flexibility index (Phi) is 3.46. The molecule has 2 N–H and O–H groups in total. The standard InChI is InChI=1S/C11H15Cl2N/c1-7(11(2,3)14)8-4-5-9(12)10(13)6-8/h4-7H,14H2,1-3H3. The van der Waals surface area contributed by atoms with Crippen LogP contribution in [0.3, 0.4) is 0 Å². The van der Waals surface area contributed by atoms with E-state index in [1.54, 1.807) is 0 Å². The Morgan fingerprint density at radius 3 is 2.21 bits per heavy atom. The fourth-order valence-corrected chi connectivity index (χ4v) is 1.52. The number of hydrogen-bond acceptors (Lipinski definition) is 1. The van der Waals surface area contributed by atoms with E-state index >= 15 is 0 Å². The minimum Gasteiger partial charge on any atom is -0.325 e. The van der Waals surface area contributed by atoms with Gasteiger partial charge < -0.3 is 5.73 Å². The molecule has 0 radical (unpaired) electrons. The lowest BCUT2D eigenvalue weighted by Crippen LogP contribution is -2.37. The van der Waals surface area contributed by atoms with Crippen molar-refractivity contribution >= 4 is 23.2 Å². The first-order valence-corrected chi connectivity index (χ1v) is 5.32. The number of halogens is 2. The second-order valence-corrected chi connectivity index (χ2v) is 5.03. The van der Waals surface area contributed by atoms with Crippen LogP contribution in [-0.4, -0.2) is 5.54 Å². The zero-order chi connectivity index (χ0) is 10.9. The summed E-state index contributed by atoms with van der Waals surface area (Å²) in [6.07, 6.45) is 0. The molecule has 0 aliphatic rings. The minimum absolute atomic E-state index is 0.247. The molecule has 0 saturated carbocycles. The van der Waals surface area contributed by atoms with Gasteiger partial charge in [-0.25, -0.2) is 0 Å². The largest absolute Gasteiger partial charge is 0.325 e. The van der Waals surface area contributed by atoms with Gasteiger partial charge in [-0.15, -0.1) is 0 Å². The fourth-order valence-electron chi connectivity index (χ4n) is 1.21. The summed E-state index contributed by atoms with van der Waals surface area (Å²) in [4.78, 5) is 0. The van der Waals surface area contributed by atoms with E-state index in [1.165, 1.54) is 0 Å². The van der Waals surface area contributed by atoms with Crippen molar-refractivity contribution in [2.24, 2.45) is 5.73 Å². The highest BCUT2D eigenvalue weighted by molar-refractivity contribution is 6.42. The van der Waals surface area contributed by atoms with E-state index in [9.17, 15) is 0 Å². The molecule has 0 saturated heterocycles. The molecule has 0 spiro atoms. The number of rotatable bonds is 2. The lowest BCUT2D eigenvalue weighted by atomic mass is 9.84. The molecule has 0 fully saturated rings. The first-order valence-electron chi connectivity index (χ1n) is 4.56. The van der Waals surface area contributed by atoms with Crippen LogP contribution in [0.2, 0.25) is 10.0 Å². The summed E-state index contributed by atoms with van der Waals surface area (Å²) >= 11 is 11.8. The van der Waals surface area contributed by atoms with E-state index in [0.29, 0.717) is 10.0 Å². The van der Waals surface area contributed by atoms with Gasteiger partial charge in [0.1, 0.15) is 0 Å². The summed E-state index contributed by atoms with van der Waals surface area (Å²) in [6.45, 7) is 6.08. The molecule has 0 bridgehead atoms. The van der Waals surface area contributed by atoms with Crippen molar-refractivity contribution in [3.8, 4) is 0 Å². The third kappa shape index (κ3) is 2.63. The summed E-state index contributed by atoms with van der Waals surface area (Å²) < 4.78 is 0. The van der Waals surface area contributed by atoms with Gasteiger partial charge in [0, 0.05) is 5.54 Å². The zero-order valence-electron chi connectivity index (χ0n) is 8.64. The van der Waals surface area contributed by atoms with Crippen molar-refractivity contribution in [2.75, 3.05) is 0 Å². The second kappa shape index (κ2) is 4.09. The summed E-state index contributed by atoms with van der Waals surface area (Å²) in [5.41, 5.74) is 6.89. The molecule has 1 atom stereocenters. The lowest BCUT2D eigenvalue weighted by molar-refractivity contribution is 0.435. The van der Waals surface area contributed by atoms with Gasteiger partial charge in [-0.2, -0.15) is 0 Å². The number of benzene rings is 1. The summed E-state index contributed by atoms with van der Waals surface area (Å²) in [5.74, 6) is 0.247. The monoisotopic (exact) mass is 231 g/mol. The molecule has 0 aliphatic carbocycles. The molecule has 1 rings (SSSR count). The topological polar surface area (TPSA) is 26.0 Å². The van der Waals surface area contributed by atoms with Gasteiger partial charge in [0.05, 0.1) is 10.0 Å². The van der Waals surface area contributed by atoms with Gasteiger partial charge in [-0.1, -0.05) is 36.2 Å². The highest BCUT2D eigenvalue weighted by Gasteiger charge is 2.22. The van der Waals surface area contributed by atoms with Gasteiger partial charge in [0.2, 0.25) is 0 Å². The van der Waals surface area contributed by atoms with Crippen molar-refractivity contribution in [1.29, 1.82) is 0 Å². The van der Waals surface area contributed by atoms with Crippen LogP contribution in [0, 0.1) is 0 Å². The fraction of sp³-hybridized carbons (Fsp3) is 0.455. The van der Waals surface area contributed by atoms with Crippen molar-refractivity contribution in [3.05, 3.63) is 33.8 Å². The highest BCUT2D eigenvalue weighted by Crippen LogP contribution is 2.30. The van der Waals surface area contributed by atoms with E-state index in [-0.39, 0.29) is 11.5 Å². The van der Waals surface area contributed by atoms with Gasteiger partial charge in [-0.05, 0) is 37.5 Å². The quantitative estimate of drug-likeness (QED) is 0.823. The van der Waals surface area contributed by atoms with Crippen LogP contribution < -0.4 is 5.73 Å². The van der Waals surface area contributed by atoms with Gasteiger partial charge in [0.25, 0.3) is 0 Å². The Bertz CT molecular complexity index is 329. The predicted octanol–water partition coefficient (Wildman–Crippen LogP) is 3.83. The summed E-state index contributed by atoms with van der Waals surface area (Å²) in [7, 11) is 0. The molecule has 1 unspecified atom stereocenters. The molecule has 78 valence electrons. The first-order chi connectivity index (χ1) is 6.32. The lowest BCUT2D eigenvalue weighted by Gasteiger charge is -2.27. The number of hydrogen-bond donors (Lipinski definition) is 1. The molecular weight excluding hydrogens is 217 g/mol. The maximum Gasteiger partial charge on any atom is 0.0595 e. The van der Waals surface area contributed by atoms with Gasteiger partial charge in [0.15, 0.2) is 0 Å². The average molecular weight is 232 g/mol. The van der Waals surface area contributed by atoms with Crippen LogP contribution >= 0.6 is 23.2 Å². The normalized spacial score (nSPS) is 14.1. The Morgan fingerprint density at radius 2 is 1.79 bits per heavy atom. The molecule has 0 aromatic heterocycles. The van der Waals surface area contributed by atoms with Crippen LogP contribution in [0.1, 0.15) is 32.3 Å². The maximum absolute atomic E-state index is 6.02. The SMILES string of the molecule is CC(c1ccc(Cl)c(Cl)c1)C(C)(C)N. The third-order valence-corrected chi connectivity index (χ3v) is 3.30. The number of nitrogens with two attached hydrogens (primary N) is 1. The van der Waals surface area contributed by atoms with E-state index < -0.39 is 0 Å². The molecule has 14 heavy (non-hydrogen) atoms. The second-order valence-electron chi connectivity index (χ2n) is 4.22. The Balaban J connectivity index is 3.03. The van der Waals surface area contributed by atoms with Crippen molar-refractivity contribution in [2.45, 2.75) is 32.2 Å². The van der Waals surface area contributed by atoms with E-state index in [0.717, 1.165) is 5.56 Å². The van der Waals surface area contributed by atoms with Crippen LogP contribution in [0.5, 0.6) is 0 Å². The summed E-state index contributed by atoms with van der Waals surface area (Å²) in [5, 5.41) is 1.16. The molecular formula is C11H15Cl2N. The predicted molar refractivity (Wildman–Crippen MR) is 63.1 cm³/mol. The van der Waals surface area contributed by atoms with Gasteiger partial charge >= 0.3 is 0 Å². The van der Waals surface area contributed by atoms with E-state index in [2.05, 4.69) is 6.92 Å². The van der Waals surface area contributed by atoms with Crippen molar-refractivity contribution in [1.82, 2.24) is 0 Å². The molecule has 3 heteroatoms. The zero-order valence-corrected chi connectivity index (χ0v) is 10.2. The van der Waals surface area contributed by atoms with Crippen molar-refractivity contribution in [3.63, 3.8) is 0 Å². The van der Waals surface area contributed by atoms with Crippen LogP contribution in [0.15, 0.2) is 18.2 Å².